The lowest BCUT2D eigenvalue weighted by molar-refractivity contribution is 0.324. The summed E-state index contributed by atoms with van der Waals surface area (Å²) in [5, 5.41) is 9.28. The first-order chi connectivity index (χ1) is 7.08. The van der Waals surface area contributed by atoms with Crippen LogP contribution in [-0.2, 0) is 6.54 Å². The van der Waals surface area contributed by atoms with E-state index in [2.05, 4.69) is 39.3 Å². The molecule has 0 amide bonds. The lowest BCUT2D eigenvalue weighted by Gasteiger charge is -2.15. The average molecular weight is 290 g/mol. The summed E-state index contributed by atoms with van der Waals surface area (Å²) in [5.41, 5.74) is 6.63. The molecular formula is C10H16BrN3S. The zero-order valence-electron chi connectivity index (χ0n) is 8.79. The summed E-state index contributed by atoms with van der Waals surface area (Å²) in [5.74, 6) is 0.279. The third-order valence-corrected chi connectivity index (χ3v) is 3.61. The molecule has 0 spiro atoms. The summed E-state index contributed by atoms with van der Waals surface area (Å²) in [6.45, 7) is 1.94. The molecule has 0 aromatic carbocycles. The number of nitrogens with two attached hydrogens (primary N) is 1. The van der Waals surface area contributed by atoms with E-state index in [1.54, 1.807) is 11.3 Å². The number of amidine groups is 1. The summed E-state index contributed by atoms with van der Waals surface area (Å²) in [4.78, 5) is 2.25. The Morgan fingerprint density at radius 2 is 2.40 bits per heavy atom. The molecule has 0 atom stereocenters. The molecule has 84 valence electrons. The molecular weight excluding hydrogens is 274 g/mol. The predicted octanol–water partition coefficient (Wildman–Crippen LogP) is 2.66. The van der Waals surface area contributed by atoms with Crippen molar-refractivity contribution in [3.63, 3.8) is 0 Å². The van der Waals surface area contributed by atoms with Gasteiger partial charge in [-0.15, -0.1) is 11.3 Å². The number of hydrogen-bond donors (Lipinski definition) is 2. The van der Waals surface area contributed by atoms with E-state index in [-0.39, 0.29) is 5.84 Å². The summed E-state index contributed by atoms with van der Waals surface area (Å²) >= 11 is 5.16. The molecule has 5 heteroatoms. The summed E-state index contributed by atoms with van der Waals surface area (Å²) < 4.78 is 1.18. The minimum atomic E-state index is 0.279. The zero-order valence-corrected chi connectivity index (χ0v) is 11.2. The Morgan fingerprint density at radius 3 is 2.93 bits per heavy atom. The van der Waals surface area contributed by atoms with Crippen molar-refractivity contribution in [1.29, 1.82) is 5.41 Å². The quantitative estimate of drug-likeness (QED) is 0.625. The normalized spacial score (nSPS) is 10.9. The smallest absolute Gasteiger partial charge is 0.0905 e. The van der Waals surface area contributed by atoms with Gasteiger partial charge in [0.25, 0.3) is 0 Å². The van der Waals surface area contributed by atoms with Crippen LogP contribution in [-0.4, -0.2) is 24.3 Å². The van der Waals surface area contributed by atoms with Crippen molar-refractivity contribution in [2.45, 2.75) is 19.4 Å². The molecule has 0 aliphatic heterocycles. The van der Waals surface area contributed by atoms with Crippen molar-refractivity contribution >= 4 is 33.1 Å². The highest BCUT2D eigenvalue weighted by Gasteiger charge is 2.02. The van der Waals surface area contributed by atoms with Gasteiger partial charge in [-0.1, -0.05) is 0 Å². The van der Waals surface area contributed by atoms with Gasteiger partial charge in [-0.25, -0.2) is 0 Å². The van der Waals surface area contributed by atoms with Crippen LogP contribution in [0.2, 0.25) is 0 Å². The van der Waals surface area contributed by atoms with Gasteiger partial charge < -0.3 is 10.6 Å². The highest BCUT2D eigenvalue weighted by molar-refractivity contribution is 9.11. The van der Waals surface area contributed by atoms with E-state index in [1.807, 2.05) is 0 Å². The van der Waals surface area contributed by atoms with E-state index >= 15 is 0 Å². The zero-order chi connectivity index (χ0) is 11.3. The standard InChI is InChI=1S/C10H16BrN3S/c1-14(4-2-3-10(12)13)6-8-5-9(11)15-7-8/h5,7H,2-4,6H2,1H3,(H3,12,13). The van der Waals surface area contributed by atoms with Crippen molar-refractivity contribution in [1.82, 2.24) is 4.90 Å². The molecule has 0 radical (unpaired) electrons. The molecule has 0 aliphatic carbocycles. The van der Waals surface area contributed by atoms with Crippen molar-refractivity contribution in [2.75, 3.05) is 13.6 Å². The van der Waals surface area contributed by atoms with Crippen molar-refractivity contribution < 1.29 is 0 Å². The second kappa shape index (κ2) is 6.25. The molecule has 1 aromatic rings. The van der Waals surface area contributed by atoms with Gasteiger partial charge in [0, 0.05) is 13.0 Å². The maximum absolute atomic E-state index is 7.12. The second-order valence-corrected chi connectivity index (χ2v) is 5.92. The van der Waals surface area contributed by atoms with Gasteiger partial charge in [0.2, 0.25) is 0 Å². The van der Waals surface area contributed by atoms with Crippen LogP contribution in [0, 0.1) is 5.41 Å². The van der Waals surface area contributed by atoms with E-state index in [1.165, 1.54) is 9.35 Å². The Bertz CT molecular complexity index is 324. The van der Waals surface area contributed by atoms with E-state index in [9.17, 15) is 0 Å². The summed E-state index contributed by atoms with van der Waals surface area (Å²) in [6, 6.07) is 2.14. The molecule has 1 heterocycles. The maximum atomic E-state index is 7.12. The fourth-order valence-corrected chi connectivity index (χ4v) is 2.56. The maximum Gasteiger partial charge on any atom is 0.0905 e. The van der Waals surface area contributed by atoms with E-state index in [0.717, 1.165) is 19.5 Å². The SMILES string of the molecule is CN(CCCC(=N)N)Cc1csc(Br)c1. The topological polar surface area (TPSA) is 53.1 Å². The number of nitrogens with one attached hydrogen (secondary N) is 1. The van der Waals surface area contributed by atoms with Crippen molar-refractivity contribution in [3.05, 3.63) is 20.8 Å². The van der Waals surface area contributed by atoms with Crippen molar-refractivity contribution in [2.24, 2.45) is 5.73 Å². The third kappa shape index (κ3) is 5.30. The number of thiophene rings is 1. The molecule has 3 N–H and O–H groups in total. The van der Waals surface area contributed by atoms with E-state index < -0.39 is 0 Å². The Labute approximate surface area is 103 Å². The molecule has 0 aliphatic rings. The Morgan fingerprint density at radius 1 is 1.67 bits per heavy atom. The van der Waals surface area contributed by atoms with Crippen LogP contribution in [0.3, 0.4) is 0 Å². The molecule has 3 nitrogen and oxygen atoms in total. The number of rotatable bonds is 6. The average Bonchev–Trinajstić information content (AvgIpc) is 2.50. The van der Waals surface area contributed by atoms with Crippen molar-refractivity contribution in [3.8, 4) is 0 Å². The Hall–Kier alpha value is -0.390. The fraction of sp³-hybridized carbons (Fsp3) is 0.500. The second-order valence-electron chi connectivity index (χ2n) is 3.63. The van der Waals surface area contributed by atoms with Gasteiger partial charge in [-0.3, -0.25) is 5.41 Å². The van der Waals surface area contributed by atoms with Crippen LogP contribution in [0.25, 0.3) is 0 Å². The van der Waals surface area contributed by atoms with Crippen LogP contribution >= 0.6 is 27.3 Å². The molecule has 0 fully saturated rings. The molecule has 0 bridgehead atoms. The van der Waals surface area contributed by atoms with E-state index in [4.69, 9.17) is 11.1 Å². The lowest BCUT2D eigenvalue weighted by Crippen LogP contribution is -2.20. The van der Waals surface area contributed by atoms with E-state index in [0.29, 0.717) is 6.42 Å². The first-order valence-corrected chi connectivity index (χ1v) is 6.49. The minimum absolute atomic E-state index is 0.279. The van der Waals surface area contributed by atoms with Gasteiger partial charge >= 0.3 is 0 Å². The molecule has 15 heavy (non-hydrogen) atoms. The van der Waals surface area contributed by atoms with Crippen LogP contribution in [0.5, 0.6) is 0 Å². The molecule has 1 rings (SSSR count). The first kappa shape index (κ1) is 12.7. The van der Waals surface area contributed by atoms with Gasteiger partial charge in [0.1, 0.15) is 0 Å². The largest absolute Gasteiger partial charge is 0.388 e. The van der Waals surface area contributed by atoms with Crippen LogP contribution in [0.4, 0.5) is 0 Å². The summed E-state index contributed by atoms with van der Waals surface area (Å²) in [6.07, 6.45) is 1.65. The van der Waals surface area contributed by atoms with Crippen LogP contribution < -0.4 is 5.73 Å². The fourth-order valence-electron chi connectivity index (χ4n) is 1.36. The highest BCUT2D eigenvalue weighted by atomic mass is 79.9. The number of halogens is 1. The van der Waals surface area contributed by atoms with Crippen LogP contribution in [0.15, 0.2) is 15.2 Å². The van der Waals surface area contributed by atoms with Gasteiger partial charge in [-0.2, -0.15) is 0 Å². The molecule has 1 aromatic heterocycles. The number of nitrogens with zero attached hydrogens (tertiary/aromatic N) is 1. The predicted molar refractivity (Wildman–Crippen MR) is 69.5 cm³/mol. The summed E-state index contributed by atoms with van der Waals surface area (Å²) in [7, 11) is 2.09. The first-order valence-electron chi connectivity index (χ1n) is 4.82. The number of hydrogen-bond acceptors (Lipinski definition) is 3. The van der Waals surface area contributed by atoms with Gasteiger partial charge in [0.15, 0.2) is 0 Å². The minimum Gasteiger partial charge on any atom is -0.388 e. The molecule has 0 saturated heterocycles. The van der Waals surface area contributed by atoms with Gasteiger partial charge in [-0.05, 0) is 53.0 Å². The Balaban J connectivity index is 2.24. The molecule has 0 saturated carbocycles. The molecule has 0 unspecified atom stereocenters. The monoisotopic (exact) mass is 289 g/mol. The third-order valence-electron chi connectivity index (χ3n) is 2.06. The van der Waals surface area contributed by atoms with Gasteiger partial charge in [0.05, 0.1) is 9.62 Å². The highest BCUT2D eigenvalue weighted by Crippen LogP contribution is 2.21. The Kier molecular flexibility index (Phi) is 5.28. The van der Waals surface area contributed by atoms with Crippen LogP contribution in [0.1, 0.15) is 18.4 Å². The lowest BCUT2D eigenvalue weighted by atomic mass is 10.2.